The fourth-order valence-electron chi connectivity index (χ4n) is 3.17. The number of likely N-dealkylation sites (tertiary alicyclic amines) is 1. The number of ether oxygens (including phenoxy) is 2. The molecule has 0 spiro atoms. The maximum atomic E-state index is 5.60. The fraction of sp³-hybridized carbons (Fsp3) is 0.750. The maximum absolute atomic E-state index is 5.60. The van der Waals surface area contributed by atoms with E-state index in [1.54, 1.807) is 0 Å². The van der Waals surface area contributed by atoms with Crippen molar-refractivity contribution in [3.63, 3.8) is 0 Å². The number of aliphatic imine (C=N–C) groups is 1. The number of hydrogen-bond donors (Lipinski definition) is 2. The molecule has 2 N–H and O–H groups in total. The van der Waals surface area contributed by atoms with Crippen molar-refractivity contribution < 1.29 is 9.47 Å². The van der Waals surface area contributed by atoms with Crippen LogP contribution in [0.15, 0.2) is 22.5 Å². The lowest BCUT2D eigenvalue weighted by molar-refractivity contribution is 0.0487. The summed E-state index contributed by atoms with van der Waals surface area (Å²) >= 11 is 1.84. The van der Waals surface area contributed by atoms with Crippen LogP contribution in [-0.2, 0) is 9.47 Å². The number of nitrogens with one attached hydrogen (secondary N) is 2. The van der Waals surface area contributed by atoms with Gasteiger partial charge in [-0.2, -0.15) is 0 Å². The minimum absolute atomic E-state index is 0.419. The van der Waals surface area contributed by atoms with Crippen molar-refractivity contribution in [1.82, 2.24) is 15.5 Å². The molecule has 154 valence electrons. The van der Waals surface area contributed by atoms with Crippen LogP contribution in [0, 0.1) is 0 Å². The van der Waals surface area contributed by atoms with Crippen LogP contribution in [-0.4, -0.2) is 70.5 Å². The normalized spacial score (nSPS) is 16.6. The van der Waals surface area contributed by atoms with E-state index in [0.29, 0.717) is 25.9 Å². The molecule has 0 aromatic carbocycles. The number of guanidine groups is 1. The topological polar surface area (TPSA) is 58.1 Å². The van der Waals surface area contributed by atoms with Crippen molar-refractivity contribution in [3.8, 4) is 0 Å². The summed E-state index contributed by atoms with van der Waals surface area (Å²) in [6, 6.07) is 4.80. The maximum Gasteiger partial charge on any atom is 0.191 e. The van der Waals surface area contributed by atoms with Gasteiger partial charge in [0.05, 0.1) is 25.9 Å². The summed E-state index contributed by atoms with van der Waals surface area (Å²) in [5.41, 5.74) is 0. The van der Waals surface area contributed by atoms with Gasteiger partial charge in [-0.05, 0) is 43.8 Å². The summed E-state index contributed by atoms with van der Waals surface area (Å²) in [6.45, 7) is 8.94. The second-order valence-corrected chi connectivity index (χ2v) is 7.71. The molecule has 1 aliphatic heterocycles. The summed E-state index contributed by atoms with van der Waals surface area (Å²) < 4.78 is 11.1. The molecule has 1 saturated heterocycles. The monoisotopic (exact) mass is 396 g/mol. The second kappa shape index (κ2) is 13.9. The Morgan fingerprint density at radius 2 is 1.96 bits per heavy atom. The molecule has 2 heterocycles. The molecule has 0 amide bonds. The Kier molecular flexibility index (Phi) is 11.4. The van der Waals surface area contributed by atoms with E-state index >= 15 is 0 Å². The van der Waals surface area contributed by atoms with Gasteiger partial charge in [0.1, 0.15) is 0 Å². The zero-order valence-electron chi connectivity index (χ0n) is 16.9. The summed E-state index contributed by atoms with van der Waals surface area (Å²) in [5, 5.41) is 8.97. The molecule has 7 heteroatoms. The summed E-state index contributed by atoms with van der Waals surface area (Å²) in [6.07, 6.45) is 4.89. The molecule has 1 atom stereocenters. The van der Waals surface area contributed by atoms with Crippen molar-refractivity contribution in [2.75, 3.05) is 59.7 Å². The van der Waals surface area contributed by atoms with Crippen LogP contribution < -0.4 is 10.6 Å². The predicted octanol–water partition coefficient (Wildman–Crippen LogP) is 2.88. The number of thiophene rings is 1. The minimum Gasteiger partial charge on any atom is -0.379 e. The molecule has 1 fully saturated rings. The lowest BCUT2D eigenvalue weighted by Gasteiger charge is -2.27. The van der Waals surface area contributed by atoms with Gasteiger partial charge in [0.25, 0.3) is 0 Å². The third-order valence-electron chi connectivity index (χ3n) is 4.69. The SMILES string of the molecule is CCCCOCCOCCNC(=NC)NCC(c1cccs1)N1CCCC1. The van der Waals surface area contributed by atoms with Crippen LogP contribution >= 0.6 is 11.3 Å². The van der Waals surface area contributed by atoms with Gasteiger partial charge in [-0.3, -0.25) is 9.89 Å². The number of hydrogen-bond acceptors (Lipinski definition) is 5. The van der Waals surface area contributed by atoms with Crippen LogP contribution in [0.25, 0.3) is 0 Å². The van der Waals surface area contributed by atoms with Crippen molar-refractivity contribution in [2.24, 2.45) is 4.99 Å². The number of unbranched alkanes of at least 4 members (excludes halogenated alkanes) is 1. The molecule has 1 aromatic heterocycles. The van der Waals surface area contributed by atoms with Gasteiger partial charge < -0.3 is 20.1 Å². The van der Waals surface area contributed by atoms with Gasteiger partial charge in [0.2, 0.25) is 0 Å². The zero-order chi connectivity index (χ0) is 19.2. The summed E-state index contributed by atoms with van der Waals surface area (Å²) in [5.74, 6) is 0.832. The summed E-state index contributed by atoms with van der Waals surface area (Å²) in [7, 11) is 1.81. The molecule has 1 unspecified atom stereocenters. The Morgan fingerprint density at radius 1 is 1.19 bits per heavy atom. The first kappa shape index (κ1) is 22.1. The predicted molar refractivity (Wildman–Crippen MR) is 114 cm³/mol. The first-order chi connectivity index (χ1) is 13.3. The van der Waals surface area contributed by atoms with Crippen LogP contribution in [0.1, 0.15) is 43.5 Å². The standard InChI is InChI=1S/C20H36N4O2S/c1-3-4-12-25-14-15-26-13-9-22-20(21-2)23-17-18(19-8-7-16-27-19)24-10-5-6-11-24/h7-8,16,18H,3-6,9-15,17H2,1-2H3,(H2,21,22,23). The Morgan fingerprint density at radius 3 is 2.63 bits per heavy atom. The molecule has 6 nitrogen and oxygen atoms in total. The van der Waals surface area contributed by atoms with Crippen molar-refractivity contribution in [1.29, 1.82) is 0 Å². The van der Waals surface area contributed by atoms with Gasteiger partial charge in [-0.25, -0.2) is 0 Å². The third-order valence-corrected chi connectivity index (χ3v) is 5.67. The Labute approximate surface area is 168 Å². The second-order valence-electron chi connectivity index (χ2n) is 6.73. The van der Waals surface area contributed by atoms with E-state index in [-0.39, 0.29) is 0 Å². The van der Waals surface area contributed by atoms with Crippen LogP contribution in [0.4, 0.5) is 0 Å². The Bertz CT molecular complexity index is 504. The first-order valence-corrected chi connectivity index (χ1v) is 11.1. The molecule has 1 aromatic rings. The first-order valence-electron chi connectivity index (χ1n) is 10.2. The van der Waals surface area contributed by atoms with E-state index in [9.17, 15) is 0 Å². The highest BCUT2D eigenvalue weighted by Crippen LogP contribution is 2.27. The van der Waals surface area contributed by atoms with E-state index in [2.05, 4.69) is 45.0 Å². The van der Waals surface area contributed by atoms with E-state index in [4.69, 9.17) is 9.47 Å². The van der Waals surface area contributed by atoms with Crippen LogP contribution in [0.2, 0.25) is 0 Å². The fourth-order valence-corrected chi connectivity index (χ4v) is 4.03. The molecular formula is C20H36N4O2S. The van der Waals surface area contributed by atoms with Crippen LogP contribution in [0.3, 0.4) is 0 Å². The van der Waals surface area contributed by atoms with E-state index in [1.807, 2.05) is 18.4 Å². The largest absolute Gasteiger partial charge is 0.379 e. The van der Waals surface area contributed by atoms with Gasteiger partial charge in [-0.1, -0.05) is 19.4 Å². The lowest BCUT2D eigenvalue weighted by atomic mass is 10.2. The van der Waals surface area contributed by atoms with Gasteiger partial charge >= 0.3 is 0 Å². The molecule has 27 heavy (non-hydrogen) atoms. The van der Waals surface area contributed by atoms with Gasteiger partial charge in [-0.15, -0.1) is 11.3 Å². The molecule has 0 bridgehead atoms. The average Bonchev–Trinajstić information content (AvgIpc) is 3.40. The third kappa shape index (κ3) is 8.60. The molecule has 0 radical (unpaired) electrons. The van der Waals surface area contributed by atoms with Crippen molar-refractivity contribution in [2.45, 2.75) is 38.6 Å². The van der Waals surface area contributed by atoms with E-state index in [0.717, 1.165) is 32.1 Å². The van der Waals surface area contributed by atoms with E-state index < -0.39 is 0 Å². The number of rotatable bonds is 13. The van der Waals surface area contributed by atoms with Crippen LogP contribution in [0.5, 0.6) is 0 Å². The molecule has 0 aliphatic carbocycles. The highest BCUT2D eigenvalue weighted by molar-refractivity contribution is 7.10. The van der Waals surface area contributed by atoms with Crippen molar-refractivity contribution in [3.05, 3.63) is 22.4 Å². The molecule has 0 saturated carbocycles. The highest BCUT2D eigenvalue weighted by atomic mass is 32.1. The lowest BCUT2D eigenvalue weighted by Crippen LogP contribution is -2.43. The Balaban J connectivity index is 1.62. The molecule has 1 aliphatic rings. The van der Waals surface area contributed by atoms with Crippen molar-refractivity contribution >= 4 is 17.3 Å². The van der Waals surface area contributed by atoms with Gasteiger partial charge in [0, 0.05) is 31.6 Å². The minimum atomic E-state index is 0.419. The highest BCUT2D eigenvalue weighted by Gasteiger charge is 2.24. The average molecular weight is 397 g/mol. The summed E-state index contributed by atoms with van der Waals surface area (Å²) in [4.78, 5) is 8.33. The quantitative estimate of drug-likeness (QED) is 0.305. The molecular weight excluding hydrogens is 360 g/mol. The smallest absolute Gasteiger partial charge is 0.191 e. The zero-order valence-corrected chi connectivity index (χ0v) is 17.7. The van der Waals surface area contributed by atoms with Gasteiger partial charge in [0.15, 0.2) is 5.96 Å². The molecule has 2 rings (SSSR count). The van der Waals surface area contributed by atoms with E-state index in [1.165, 1.54) is 37.2 Å². The Hall–Kier alpha value is -1.15. The number of nitrogens with zero attached hydrogens (tertiary/aromatic N) is 2.